The van der Waals surface area contributed by atoms with Gasteiger partial charge in [0, 0.05) is 12.3 Å². The van der Waals surface area contributed by atoms with Crippen molar-refractivity contribution in [1.29, 1.82) is 0 Å². The Balaban J connectivity index is 1.57. The number of carbonyl (C=O) groups excluding carboxylic acids is 1. The van der Waals surface area contributed by atoms with Crippen LogP contribution in [0.4, 0.5) is 10.6 Å². The molecule has 0 spiro atoms. The summed E-state index contributed by atoms with van der Waals surface area (Å²) in [6.07, 6.45) is 2.54. The maximum absolute atomic E-state index is 12.1. The number of benzene rings is 1. The quantitative estimate of drug-likeness (QED) is 0.519. The molecule has 1 amide bonds. The molecule has 0 aliphatic carbocycles. The first kappa shape index (κ1) is 17.8. The summed E-state index contributed by atoms with van der Waals surface area (Å²) < 4.78 is 12.2. The summed E-state index contributed by atoms with van der Waals surface area (Å²) in [6, 6.07) is 18.0. The van der Waals surface area contributed by atoms with Gasteiger partial charge in [0.15, 0.2) is 17.4 Å². The second-order valence-corrected chi connectivity index (χ2v) is 6.21. The molecule has 0 fully saturated rings. The highest BCUT2D eigenvalue weighted by Gasteiger charge is 2.18. The molecule has 3 aromatic heterocycles. The van der Waals surface area contributed by atoms with E-state index in [1.54, 1.807) is 42.8 Å². The number of hydrogen-bond acceptors (Lipinski definition) is 5. The number of amides is 1. The lowest BCUT2D eigenvalue weighted by Gasteiger charge is -2.06. The molecule has 0 saturated heterocycles. The molecule has 3 heterocycles. The molecule has 0 aliphatic heterocycles. The van der Waals surface area contributed by atoms with E-state index in [1.807, 2.05) is 30.3 Å². The van der Waals surface area contributed by atoms with Crippen molar-refractivity contribution in [2.75, 3.05) is 5.32 Å². The van der Waals surface area contributed by atoms with Crippen molar-refractivity contribution < 1.29 is 13.9 Å². The van der Waals surface area contributed by atoms with Crippen LogP contribution in [-0.4, -0.2) is 20.9 Å². The molecule has 0 unspecified atom stereocenters. The van der Waals surface area contributed by atoms with Crippen LogP contribution in [0.2, 0.25) is 5.02 Å². The summed E-state index contributed by atoms with van der Waals surface area (Å²) in [5.74, 6) is 1.26. The van der Waals surface area contributed by atoms with Crippen LogP contribution in [0.1, 0.15) is 5.56 Å². The normalized spacial score (nSPS) is 10.6. The number of pyridine rings is 1. The maximum atomic E-state index is 12.1. The predicted molar refractivity (Wildman–Crippen MR) is 104 cm³/mol. The average molecular weight is 395 g/mol. The van der Waals surface area contributed by atoms with Crippen molar-refractivity contribution in [1.82, 2.24) is 14.8 Å². The minimum atomic E-state index is -0.619. The molecule has 0 radical (unpaired) electrons. The van der Waals surface area contributed by atoms with E-state index in [0.29, 0.717) is 22.3 Å². The lowest BCUT2D eigenvalue weighted by molar-refractivity contribution is 0.155. The zero-order chi connectivity index (χ0) is 19.3. The van der Waals surface area contributed by atoms with Gasteiger partial charge in [-0.25, -0.2) is 14.5 Å². The fourth-order valence-electron chi connectivity index (χ4n) is 2.60. The summed E-state index contributed by atoms with van der Waals surface area (Å²) in [5, 5.41) is 7.42. The topological polar surface area (TPSA) is 82.2 Å². The number of nitrogens with zero attached hydrogens (tertiary/aromatic N) is 3. The number of carbonyl (C=O) groups is 1. The molecule has 28 heavy (non-hydrogen) atoms. The maximum Gasteiger partial charge on any atom is 0.413 e. The van der Waals surface area contributed by atoms with Gasteiger partial charge in [-0.2, -0.15) is 0 Å². The van der Waals surface area contributed by atoms with E-state index in [2.05, 4.69) is 15.4 Å². The summed E-state index contributed by atoms with van der Waals surface area (Å²) in [7, 11) is 0. The monoisotopic (exact) mass is 394 g/mol. The van der Waals surface area contributed by atoms with Gasteiger partial charge in [-0.05, 0) is 29.8 Å². The predicted octanol–water partition coefficient (Wildman–Crippen LogP) is 4.93. The number of nitrogens with one attached hydrogen (secondary N) is 1. The Bertz CT molecular complexity index is 1080. The van der Waals surface area contributed by atoms with Crippen molar-refractivity contribution >= 4 is 23.5 Å². The molecule has 0 bridgehead atoms. The van der Waals surface area contributed by atoms with Gasteiger partial charge in [-0.1, -0.05) is 41.9 Å². The Morgan fingerprint density at radius 3 is 2.75 bits per heavy atom. The van der Waals surface area contributed by atoms with Crippen molar-refractivity contribution in [2.45, 2.75) is 6.61 Å². The van der Waals surface area contributed by atoms with Crippen molar-refractivity contribution in [3.8, 4) is 17.3 Å². The molecule has 7 nitrogen and oxygen atoms in total. The largest absolute Gasteiger partial charge is 0.463 e. The lowest BCUT2D eigenvalue weighted by atomic mass is 10.2. The van der Waals surface area contributed by atoms with Gasteiger partial charge < -0.3 is 9.15 Å². The van der Waals surface area contributed by atoms with E-state index in [4.69, 9.17) is 20.8 Å². The molecule has 1 N–H and O–H groups in total. The number of aromatic nitrogens is 3. The zero-order valence-corrected chi connectivity index (χ0v) is 15.3. The molecule has 1 aromatic carbocycles. The van der Waals surface area contributed by atoms with E-state index in [9.17, 15) is 4.79 Å². The van der Waals surface area contributed by atoms with E-state index in [-0.39, 0.29) is 12.4 Å². The Morgan fingerprint density at radius 2 is 2.00 bits per heavy atom. The highest BCUT2D eigenvalue weighted by Crippen LogP contribution is 2.28. The van der Waals surface area contributed by atoms with Crippen LogP contribution < -0.4 is 5.32 Å². The van der Waals surface area contributed by atoms with Gasteiger partial charge in [-0.3, -0.25) is 5.32 Å². The molecule has 0 saturated carbocycles. The highest BCUT2D eigenvalue weighted by atomic mass is 35.5. The number of hydrogen-bond donors (Lipinski definition) is 1. The first-order chi connectivity index (χ1) is 13.7. The molecule has 0 aliphatic rings. The summed E-state index contributed by atoms with van der Waals surface area (Å²) in [4.78, 5) is 16.4. The second kappa shape index (κ2) is 7.98. The van der Waals surface area contributed by atoms with Gasteiger partial charge in [0.25, 0.3) is 0 Å². The zero-order valence-electron chi connectivity index (χ0n) is 14.6. The Morgan fingerprint density at radius 1 is 1.14 bits per heavy atom. The van der Waals surface area contributed by atoms with Gasteiger partial charge in [0.1, 0.15) is 12.3 Å². The molecular formula is C20H15ClN4O3. The third-order valence-electron chi connectivity index (χ3n) is 3.87. The fraction of sp³-hybridized carbons (Fsp3) is 0.0500. The average Bonchev–Trinajstić information content (AvgIpc) is 3.37. The minimum Gasteiger partial charge on any atom is -0.463 e. The number of halogens is 1. The summed E-state index contributed by atoms with van der Waals surface area (Å²) >= 11 is 6.26. The first-order valence-corrected chi connectivity index (χ1v) is 8.81. The van der Waals surface area contributed by atoms with Crippen LogP contribution >= 0.6 is 11.6 Å². The summed E-state index contributed by atoms with van der Waals surface area (Å²) in [6.45, 7) is 0.157. The second-order valence-electron chi connectivity index (χ2n) is 5.80. The molecule has 4 rings (SSSR count). The first-order valence-electron chi connectivity index (χ1n) is 8.43. The third-order valence-corrected chi connectivity index (χ3v) is 4.16. The van der Waals surface area contributed by atoms with Gasteiger partial charge in [0.05, 0.1) is 11.3 Å². The van der Waals surface area contributed by atoms with Crippen LogP contribution in [0.3, 0.4) is 0 Å². The third kappa shape index (κ3) is 3.89. The molecule has 0 atom stereocenters. The van der Waals surface area contributed by atoms with Gasteiger partial charge >= 0.3 is 6.09 Å². The van der Waals surface area contributed by atoms with E-state index in [1.165, 1.54) is 4.68 Å². The Labute approximate surface area is 165 Å². The number of ether oxygens (including phenoxy) is 1. The van der Waals surface area contributed by atoms with E-state index < -0.39 is 6.09 Å². The van der Waals surface area contributed by atoms with Crippen LogP contribution in [-0.2, 0) is 11.3 Å². The van der Waals surface area contributed by atoms with Gasteiger partial charge in [-0.15, -0.1) is 5.10 Å². The lowest BCUT2D eigenvalue weighted by Crippen LogP contribution is -2.14. The Kier molecular flexibility index (Phi) is 5.07. The van der Waals surface area contributed by atoms with Crippen LogP contribution in [0.5, 0.6) is 0 Å². The van der Waals surface area contributed by atoms with E-state index in [0.717, 1.165) is 5.56 Å². The number of anilines is 1. The fourth-order valence-corrected chi connectivity index (χ4v) is 2.80. The van der Waals surface area contributed by atoms with Crippen molar-refractivity contribution in [3.63, 3.8) is 0 Å². The molecule has 140 valence electrons. The van der Waals surface area contributed by atoms with Crippen LogP contribution in [0, 0.1) is 0 Å². The van der Waals surface area contributed by atoms with Crippen LogP contribution in [0.25, 0.3) is 17.3 Å². The van der Waals surface area contributed by atoms with Crippen molar-refractivity contribution in [2.24, 2.45) is 0 Å². The standard InChI is InChI=1S/C20H15ClN4O3/c21-15-8-4-10-22-19(15)25-16(17-9-5-11-27-17)12-18(24-25)23-20(26)28-13-14-6-2-1-3-7-14/h1-12H,13H2,(H,23,24,26). The van der Waals surface area contributed by atoms with Gasteiger partial charge in [0.2, 0.25) is 0 Å². The Hall–Kier alpha value is -3.58. The smallest absolute Gasteiger partial charge is 0.413 e. The molecule has 8 heteroatoms. The number of furan rings is 1. The minimum absolute atomic E-state index is 0.157. The SMILES string of the molecule is O=C(Nc1cc(-c2ccco2)n(-c2ncccc2Cl)n1)OCc1ccccc1. The van der Waals surface area contributed by atoms with Crippen LogP contribution in [0.15, 0.2) is 77.5 Å². The summed E-state index contributed by atoms with van der Waals surface area (Å²) in [5.41, 5.74) is 1.48. The highest BCUT2D eigenvalue weighted by molar-refractivity contribution is 6.32. The number of rotatable bonds is 5. The molecular weight excluding hydrogens is 380 g/mol. The molecule has 4 aromatic rings. The van der Waals surface area contributed by atoms with Crippen molar-refractivity contribution in [3.05, 3.63) is 83.7 Å². The van der Waals surface area contributed by atoms with E-state index >= 15 is 0 Å².